The Morgan fingerprint density at radius 2 is 1.74 bits per heavy atom. The predicted octanol–water partition coefficient (Wildman–Crippen LogP) is 2.89. The second kappa shape index (κ2) is 8.94. The number of piperazine rings is 1. The van der Waals surface area contributed by atoms with E-state index in [-0.39, 0.29) is 30.1 Å². The molecule has 1 saturated heterocycles. The molecule has 1 N–H and O–H groups in total. The van der Waals surface area contributed by atoms with Gasteiger partial charge in [-0.3, -0.25) is 0 Å². The van der Waals surface area contributed by atoms with Gasteiger partial charge in [0.25, 0.3) is 0 Å². The van der Waals surface area contributed by atoms with Crippen molar-refractivity contribution in [1.29, 1.82) is 0 Å². The zero-order chi connectivity index (χ0) is 22.0. The van der Waals surface area contributed by atoms with E-state index in [2.05, 4.69) is 5.32 Å². The molecule has 2 amide bonds. The summed E-state index contributed by atoms with van der Waals surface area (Å²) in [4.78, 5) is 14.5. The Hall–Kier alpha value is -2.49. The van der Waals surface area contributed by atoms with Crippen LogP contribution in [-0.4, -0.2) is 63.0 Å². The third kappa shape index (κ3) is 4.73. The van der Waals surface area contributed by atoms with Gasteiger partial charge in [-0.05, 0) is 42.8 Å². The average Bonchev–Trinajstić information content (AvgIpc) is 2.78. The number of ether oxygens (including phenoxy) is 2. The summed E-state index contributed by atoms with van der Waals surface area (Å²) < 4.78 is 38.2. The lowest BCUT2D eigenvalue weighted by atomic mass is 10.1. The van der Waals surface area contributed by atoms with Gasteiger partial charge >= 0.3 is 6.03 Å². The summed E-state index contributed by atoms with van der Waals surface area (Å²) >= 11 is 5.93. The maximum Gasteiger partial charge on any atom is 0.317 e. The first kappa shape index (κ1) is 21.7. The van der Waals surface area contributed by atoms with Gasteiger partial charge in [0.15, 0.2) is 11.5 Å². The molecule has 0 saturated carbocycles. The van der Waals surface area contributed by atoms with Crippen molar-refractivity contribution in [3.63, 3.8) is 0 Å². The van der Waals surface area contributed by atoms with Gasteiger partial charge in [0.2, 0.25) is 10.0 Å². The summed E-state index contributed by atoms with van der Waals surface area (Å²) in [5.41, 5.74) is 0.903. The van der Waals surface area contributed by atoms with E-state index in [1.807, 2.05) is 25.1 Å². The molecule has 10 heteroatoms. The largest absolute Gasteiger partial charge is 0.486 e. The van der Waals surface area contributed by atoms with Gasteiger partial charge in [-0.25, -0.2) is 13.2 Å². The molecule has 0 aliphatic carbocycles. The number of carbonyl (C=O) groups excluding carboxylic acids is 1. The number of halogens is 1. The van der Waals surface area contributed by atoms with Crippen molar-refractivity contribution in [3.8, 4) is 11.5 Å². The number of sulfonamides is 1. The van der Waals surface area contributed by atoms with Gasteiger partial charge in [0.1, 0.15) is 13.2 Å². The molecule has 0 bridgehead atoms. The first-order valence-corrected chi connectivity index (χ1v) is 11.9. The van der Waals surface area contributed by atoms with Crippen LogP contribution < -0.4 is 14.8 Å². The number of fused-ring (bicyclic) bond motifs is 1. The van der Waals surface area contributed by atoms with Crippen LogP contribution in [0.15, 0.2) is 47.4 Å². The fourth-order valence-corrected chi connectivity index (χ4v) is 5.32. The quantitative estimate of drug-likeness (QED) is 0.750. The van der Waals surface area contributed by atoms with Gasteiger partial charge in [-0.15, -0.1) is 0 Å². The van der Waals surface area contributed by atoms with Crippen LogP contribution in [0.25, 0.3) is 0 Å². The van der Waals surface area contributed by atoms with Crippen LogP contribution in [0, 0.1) is 0 Å². The lowest BCUT2D eigenvalue weighted by Gasteiger charge is -2.34. The van der Waals surface area contributed by atoms with Gasteiger partial charge in [0.05, 0.1) is 10.9 Å². The molecule has 2 heterocycles. The van der Waals surface area contributed by atoms with Crippen molar-refractivity contribution in [2.75, 3.05) is 39.4 Å². The number of carbonyl (C=O) groups is 1. The second-order valence-corrected chi connectivity index (χ2v) is 9.80. The molecular weight excluding hydrogens is 442 g/mol. The zero-order valence-electron chi connectivity index (χ0n) is 17.1. The summed E-state index contributed by atoms with van der Waals surface area (Å²) in [7, 11) is -3.64. The monoisotopic (exact) mass is 465 g/mol. The Morgan fingerprint density at radius 3 is 2.45 bits per heavy atom. The van der Waals surface area contributed by atoms with E-state index in [4.69, 9.17) is 21.1 Å². The van der Waals surface area contributed by atoms with Crippen molar-refractivity contribution in [2.45, 2.75) is 17.9 Å². The van der Waals surface area contributed by atoms with E-state index >= 15 is 0 Å². The lowest BCUT2D eigenvalue weighted by molar-refractivity contribution is 0.168. The van der Waals surface area contributed by atoms with E-state index in [9.17, 15) is 13.2 Å². The highest BCUT2D eigenvalue weighted by molar-refractivity contribution is 7.89. The summed E-state index contributed by atoms with van der Waals surface area (Å²) in [5.74, 6) is 1.37. The number of benzene rings is 2. The molecule has 1 fully saturated rings. The van der Waals surface area contributed by atoms with E-state index in [1.54, 1.807) is 17.0 Å². The molecule has 1 atom stereocenters. The van der Waals surface area contributed by atoms with Crippen LogP contribution in [0.3, 0.4) is 0 Å². The van der Waals surface area contributed by atoms with E-state index < -0.39 is 10.0 Å². The summed E-state index contributed by atoms with van der Waals surface area (Å²) in [6.45, 7) is 3.97. The Kier molecular flexibility index (Phi) is 6.27. The number of urea groups is 1. The van der Waals surface area contributed by atoms with Crippen LogP contribution in [0.2, 0.25) is 5.02 Å². The molecule has 0 radical (unpaired) electrons. The molecule has 2 aliphatic heterocycles. The average molecular weight is 466 g/mol. The Balaban J connectivity index is 1.35. The molecule has 0 unspecified atom stereocenters. The van der Waals surface area contributed by atoms with Crippen LogP contribution in [0.5, 0.6) is 11.5 Å². The van der Waals surface area contributed by atoms with E-state index in [0.29, 0.717) is 42.8 Å². The number of amides is 2. The van der Waals surface area contributed by atoms with Crippen molar-refractivity contribution in [2.24, 2.45) is 0 Å². The van der Waals surface area contributed by atoms with Crippen LogP contribution in [-0.2, 0) is 10.0 Å². The molecule has 2 aliphatic rings. The molecule has 4 rings (SSSR count). The first-order chi connectivity index (χ1) is 14.8. The highest BCUT2D eigenvalue weighted by Crippen LogP contribution is 2.32. The van der Waals surface area contributed by atoms with Gasteiger partial charge in [-0.2, -0.15) is 4.31 Å². The minimum absolute atomic E-state index is 0.158. The van der Waals surface area contributed by atoms with Gasteiger partial charge in [0, 0.05) is 31.2 Å². The van der Waals surface area contributed by atoms with Crippen molar-refractivity contribution >= 4 is 27.7 Å². The van der Waals surface area contributed by atoms with Crippen molar-refractivity contribution in [3.05, 3.63) is 53.1 Å². The van der Waals surface area contributed by atoms with Crippen LogP contribution in [0.1, 0.15) is 18.5 Å². The number of rotatable bonds is 4. The minimum atomic E-state index is -3.64. The normalized spacial score (nSPS) is 17.8. The molecule has 31 heavy (non-hydrogen) atoms. The van der Waals surface area contributed by atoms with Crippen molar-refractivity contribution < 1.29 is 22.7 Å². The summed E-state index contributed by atoms with van der Waals surface area (Å²) in [5, 5.41) is 3.34. The van der Waals surface area contributed by atoms with Crippen LogP contribution >= 0.6 is 11.6 Å². The second-order valence-electron chi connectivity index (χ2n) is 7.42. The lowest BCUT2D eigenvalue weighted by Crippen LogP contribution is -2.53. The van der Waals surface area contributed by atoms with Gasteiger partial charge < -0.3 is 19.7 Å². The number of nitrogens with zero attached hydrogens (tertiary/aromatic N) is 2. The number of hydrogen-bond acceptors (Lipinski definition) is 5. The third-order valence-electron chi connectivity index (χ3n) is 5.37. The maximum absolute atomic E-state index is 12.8. The molecule has 0 spiro atoms. The first-order valence-electron chi connectivity index (χ1n) is 10.1. The fourth-order valence-electron chi connectivity index (χ4n) is 3.60. The van der Waals surface area contributed by atoms with E-state index in [0.717, 1.165) is 5.56 Å². The smallest absolute Gasteiger partial charge is 0.317 e. The predicted molar refractivity (Wildman–Crippen MR) is 116 cm³/mol. The molecule has 2 aromatic carbocycles. The third-order valence-corrected chi connectivity index (χ3v) is 7.50. The standard InChI is InChI=1S/C21H24ClN3O5S/c1-15(16-5-6-19-20(13-16)30-12-11-29-19)23-21(26)24-7-9-25(10-8-24)31(27,28)18-4-2-3-17(22)14-18/h2-6,13-15H,7-12H2,1H3,(H,23,26)/t15-/m0/s1. The fraction of sp³-hybridized carbons (Fsp3) is 0.381. The molecule has 2 aromatic rings. The summed E-state index contributed by atoms with van der Waals surface area (Å²) in [6.07, 6.45) is 0. The number of nitrogens with one attached hydrogen (secondary N) is 1. The molecule has 8 nitrogen and oxygen atoms in total. The van der Waals surface area contributed by atoms with Gasteiger partial charge in [-0.1, -0.05) is 23.7 Å². The Bertz CT molecular complexity index is 1070. The van der Waals surface area contributed by atoms with Crippen LogP contribution in [0.4, 0.5) is 4.79 Å². The Labute approximate surface area is 186 Å². The molecule has 0 aromatic heterocycles. The molecule has 166 valence electrons. The zero-order valence-corrected chi connectivity index (χ0v) is 18.7. The SMILES string of the molecule is C[C@H](NC(=O)N1CCN(S(=O)(=O)c2cccc(Cl)c2)CC1)c1ccc2c(c1)OCCO2. The topological polar surface area (TPSA) is 88.2 Å². The maximum atomic E-state index is 12.8. The molecular formula is C21H24ClN3O5S. The minimum Gasteiger partial charge on any atom is -0.486 e. The highest BCUT2D eigenvalue weighted by Gasteiger charge is 2.30. The van der Waals surface area contributed by atoms with Crippen molar-refractivity contribution in [1.82, 2.24) is 14.5 Å². The Morgan fingerprint density at radius 1 is 1.03 bits per heavy atom. The van der Waals surface area contributed by atoms with E-state index in [1.165, 1.54) is 16.4 Å². The summed E-state index contributed by atoms with van der Waals surface area (Å²) in [6, 6.07) is 11.3. The number of hydrogen-bond donors (Lipinski definition) is 1. The highest BCUT2D eigenvalue weighted by atomic mass is 35.5.